The van der Waals surface area contributed by atoms with Gasteiger partial charge in [-0.05, 0) is 55.4 Å². The highest BCUT2D eigenvalue weighted by atomic mass is 32.1. The van der Waals surface area contributed by atoms with Gasteiger partial charge in [0.25, 0.3) is 0 Å². The van der Waals surface area contributed by atoms with Crippen LogP contribution in [0.5, 0.6) is 5.88 Å². The number of hydrogen-bond donors (Lipinski definition) is 1. The third-order valence-electron chi connectivity index (χ3n) is 4.56. The summed E-state index contributed by atoms with van der Waals surface area (Å²) in [7, 11) is 0. The lowest BCUT2D eigenvalue weighted by Crippen LogP contribution is -1.94. The Kier molecular flexibility index (Phi) is 4.34. The Morgan fingerprint density at radius 2 is 1.88 bits per heavy atom. The topological polar surface area (TPSA) is 37.5 Å². The molecule has 26 heavy (non-hydrogen) atoms. The lowest BCUT2D eigenvalue weighted by atomic mass is 10.0. The van der Waals surface area contributed by atoms with Crippen molar-refractivity contribution in [1.29, 1.82) is 0 Å². The molecule has 130 valence electrons. The molecule has 5 heteroatoms. The van der Waals surface area contributed by atoms with Gasteiger partial charge in [-0.2, -0.15) is 0 Å². The predicted octanol–water partition coefficient (Wildman–Crippen LogP) is 6.18. The molecule has 0 saturated heterocycles. The van der Waals surface area contributed by atoms with Crippen molar-refractivity contribution in [2.75, 3.05) is 0 Å². The second-order valence-corrected chi connectivity index (χ2v) is 7.86. The summed E-state index contributed by atoms with van der Waals surface area (Å²) in [6, 6.07) is 16.2. The second kappa shape index (κ2) is 6.67. The molecule has 0 unspecified atom stereocenters. The van der Waals surface area contributed by atoms with E-state index in [-0.39, 0.29) is 5.88 Å². The van der Waals surface area contributed by atoms with Crippen molar-refractivity contribution in [3.63, 3.8) is 0 Å². The predicted molar refractivity (Wildman–Crippen MR) is 113 cm³/mol. The fraction of sp³-hybridized carbons (Fsp3) is 0.143. The van der Waals surface area contributed by atoms with Gasteiger partial charge >= 0.3 is 0 Å². The molecular formula is C21H18N2OS2. The standard InChI is InChI=1S/C21H18N2OS2/c1-3-14-8-10-15(11-9-14)23-20(24)19(26-21(23)25)12-17-13(2)22-18-7-5-4-6-16(17)18/h4-12,24H,3H2,1-2H3/b17-12-. The number of allylic oxidation sites excluding steroid dienone is 1. The van der Waals surface area contributed by atoms with E-state index < -0.39 is 0 Å². The SMILES string of the molecule is CCc1ccc(-n2c(O)c(/C=C3/C(C)=Nc4ccccc43)sc2=S)cc1. The Morgan fingerprint density at radius 1 is 1.15 bits per heavy atom. The Balaban J connectivity index is 1.80. The van der Waals surface area contributed by atoms with E-state index in [0.717, 1.165) is 39.5 Å². The van der Waals surface area contributed by atoms with E-state index in [2.05, 4.69) is 30.1 Å². The number of thiazole rings is 1. The molecule has 0 radical (unpaired) electrons. The number of aryl methyl sites for hydroxylation is 1. The minimum Gasteiger partial charge on any atom is -0.493 e. The number of para-hydroxylation sites is 1. The molecule has 0 bridgehead atoms. The smallest absolute Gasteiger partial charge is 0.215 e. The zero-order chi connectivity index (χ0) is 18.3. The van der Waals surface area contributed by atoms with Crippen molar-refractivity contribution < 1.29 is 5.11 Å². The van der Waals surface area contributed by atoms with E-state index in [4.69, 9.17) is 12.2 Å². The fourth-order valence-corrected chi connectivity index (χ4v) is 4.42. The number of benzene rings is 2. The summed E-state index contributed by atoms with van der Waals surface area (Å²) >= 11 is 6.92. The van der Waals surface area contributed by atoms with Crippen LogP contribution < -0.4 is 0 Å². The molecule has 0 spiro atoms. The molecule has 0 fully saturated rings. The maximum Gasteiger partial charge on any atom is 0.215 e. The summed E-state index contributed by atoms with van der Waals surface area (Å²) in [5.41, 5.74) is 6.16. The first kappa shape index (κ1) is 16.9. The minimum absolute atomic E-state index is 0.175. The normalized spacial score (nSPS) is 14.5. The van der Waals surface area contributed by atoms with E-state index >= 15 is 0 Å². The van der Waals surface area contributed by atoms with Crippen LogP contribution in [0.1, 0.15) is 29.9 Å². The van der Waals surface area contributed by atoms with E-state index in [1.165, 1.54) is 16.9 Å². The van der Waals surface area contributed by atoms with Crippen LogP contribution >= 0.6 is 23.6 Å². The van der Waals surface area contributed by atoms with Crippen molar-refractivity contribution >= 4 is 46.6 Å². The lowest BCUT2D eigenvalue weighted by molar-refractivity contribution is 0.441. The number of rotatable bonds is 3. The van der Waals surface area contributed by atoms with E-state index in [1.54, 1.807) is 4.57 Å². The fourth-order valence-electron chi connectivity index (χ4n) is 3.13. The van der Waals surface area contributed by atoms with Gasteiger partial charge in [-0.15, -0.1) is 11.3 Å². The van der Waals surface area contributed by atoms with Gasteiger partial charge < -0.3 is 5.11 Å². The van der Waals surface area contributed by atoms with Crippen molar-refractivity contribution in [2.45, 2.75) is 20.3 Å². The number of aromatic nitrogens is 1. The maximum atomic E-state index is 10.8. The maximum absolute atomic E-state index is 10.8. The third kappa shape index (κ3) is 2.83. The van der Waals surface area contributed by atoms with Gasteiger partial charge in [0.15, 0.2) is 3.95 Å². The Hall–Kier alpha value is -2.50. The first-order chi connectivity index (χ1) is 12.6. The quantitative estimate of drug-likeness (QED) is 0.552. The molecule has 0 atom stereocenters. The highest BCUT2D eigenvalue weighted by Gasteiger charge is 2.19. The molecule has 3 aromatic rings. The highest BCUT2D eigenvalue weighted by Crippen LogP contribution is 2.38. The Labute approximate surface area is 161 Å². The summed E-state index contributed by atoms with van der Waals surface area (Å²) in [5, 5.41) is 10.8. The van der Waals surface area contributed by atoms with Crippen molar-refractivity contribution in [2.24, 2.45) is 4.99 Å². The Morgan fingerprint density at radius 3 is 2.62 bits per heavy atom. The van der Waals surface area contributed by atoms with Crippen LogP contribution in [0.25, 0.3) is 17.3 Å². The molecule has 1 N–H and O–H groups in total. The summed E-state index contributed by atoms with van der Waals surface area (Å²) in [5.74, 6) is 0.175. The summed E-state index contributed by atoms with van der Waals surface area (Å²) in [4.78, 5) is 5.35. The first-order valence-corrected chi connectivity index (χ1v) is 9.72. The first-order valence-electron chi connectivity index (χ1n) is 8.49. The number of fused-ring (bicyclic) bond motifs is 1. The van der Waals surface area contributed by atoms with Gasteiger partial charge in [-0.25, -0.2) is 0 Å². The monoisotopic (exact) mass is 378 g/mol. The molecule has 2 heterocycles. The number of hydrogen-bond acceptors (Lipinski definition) is 4. The summed E-state index contributed by atoms with van der Waals surface area (Å²) in [6.45, 7) is 4.11. The van der Waals surface area contributed by atoms with Crippen LogP contribution in [0, 0.1) is 3.95 Å². The average molecular weight is 379 g/mol. The van der Waals surface area contributed by atoms with Crippen molar-refractivity contribution in [3.05, 3.63) is 68.5 Å². The lowest BCUT2D eigenvalue weighted by Gasteiger charge is -2.06. The largest absolute Gasteiger partial charge is 0.493 e. The summed E-state index contributed by atoms with van der Waals surface area (Å²) in [6.07, 6.45) is 2.97. The van der Waals surface area contributed by atoms with E-state index in [1.807, 2.05) is 43.3 Å². The van der Waals surface area contributed by atoms with Gasteiger partial charge in [0.1, 0.15) is 0 Å². The van der Waals surface area contributed by atoms with Crippen LogP contribution in [-0.4, -0.2) is 15.4 Å². The number of aliphatic imine (C=N–C) groups is 1. The van der Waals surface area contributed by atoms with Gasteiger partial charge in [-0.3, -0.25) is 9.56 Å². The molecule has 1 aliphatic heterocycles. The molecule has 2 aromatic carbocycles. The van der Waals surface area contributed by atoms with E-state index in [9.17, 15) is 5.11 Å². The average Bonchev–Trinajstić information content (AvgIpc) is 3.11. The third-order valence-corrected chi connectivity index (χ3v) is 5.87. The zero-order valence-corrected chi connectivity index (χ0v) is 16.2. The Bertz CT molecular complexity index is 1100. The highest BCUT2D eigenvalue weighted by molar-refractivity contribution is 7.73. The number of aromatic hydroxyl groups is 1. The van der Waals surface area contributed by atoms with Crippen LogP contribution in [0.3, 0.4) is 0 Å². The molecule has 0 saturated carbocycles. The van der Waals surface area contributed by atoms with Gasteiger partial charge in [0.2, 0.25) is 5.88 Å². The molecule has 3 nitrogen and oxygen atoms in total. The van der Waals surface area contributed by atoms with Crippen molar-refractivity contribution in [1.82, 2.24) is 4.57 Å². The molecule has 4 rings (SSSR count). The van der Waals surface area contributed by atoms with Gasteiger partial charge in [-0.1, -0.05) is 37.3 Å². The molecule has 0 amide bonds. The van der Waals surface area contributed by atoms with Gasteiger partial charge in [0.05, 0.1) is 16.3 Å². The van der Waals surface area contributed by atoms with Crippen LogP contribution in [0.4, 0.5) is 5.69 Å². The molecule has 1 aliphatic rings. The zero-order valence-electron chi connectivity index (χ0n) is 14.6. The molecule has 0 aliphatic carbocycles. The molecule has 1 aromatic heterocycles. The van der Waals surface area contributed by atoms with Crippen molar-refractivity contribution in [3.8, 4) is 11.6 Å². The van der Waals surface area contributed by atoms with E-state index in [0.29, 0.717) is 3.95 Å². The summed E-state index contributed by atoms with van der Waals surface area (Å²) < 4.78 is 2.35. The van der Waals surface area contributed by atoms with Gasteiger partial charge in [0, 0.05) is 16.8 Å². The number of nitrogens with zero attached hydrogens (tertiary/aromatic N) is 2. The second-order valence-electron chi connectivity index (χ2n) is 6.18. The minimum atomic E-state index is 0.175. The van der Waals surface area contributed by atoms with Crippen LogP contribution in [0.15, 0.2) is 53.5 Å². The van der Waals surface area contributed by atoms with Crippen LogP contribution in [0.2, 0.25) is 0 Å². The van der Waals surface area contributed by atoms with Crippen LogP contribution in [-0.2, 0) is 6.42 Å². The molecular weight excluding hydrogens is 360 g/mol.